The van der Waals surface area contributed by atoms with E-state index in [1.807, 2.05) is 0 Å². The van der Waals surface area contributed by atoms with Crippen molar-refractivity contribution in [2.24, 2.45) is 0 Å². The summed E-state index contributed by atoms with van der Waals surface area (Å²) in [5.41, 5.74) is 0. The van der Waals surface area contributed by atoms with Crippen molar-refractivity contribution in [2.45, 2.75) is 0 Å². The molecular weight excluding hydrogens is 416 g/mol. The molecule has 0 spiro atoms. The normalized spacial score (nSPS) is 3.38. The van der Waals surface area contributed by atoms with E-state index in [-0.39, 0.29) is 6.15 Å². The molecule has 0 aliphatic carbocycles. The van der Waals surface area contributed by atoms with Gasteiger partial charge in [-0.2, -0.15) is 0 Å². The van der Waals surface area contributed by atoms with Crippen LogP contribution in [-0.2, 0) is 18.9 Å². The van der Waals surface area contributed by atoms with E-state index in [1.165, 1.54) is 0 Å². The molecule has 9 nitrogen and oxygen atoms in total. The topological polar surface area (TPSA) is 191 Å². The van der Waals surface area contributed by atoms with Crippen LogP contribution >= 0.6 is 0 Å². The first-order valence-electron chi connectivity index (χ1n) is 1.82. The number of hydrogen-bond donors (Lipinski definition) is 1. The SMILES string of the molecule is O=C[O-].O=C[O-].O=C[O-].[NH4+].[O]=[U+2]=[O]. The van der Waals surface area contributed by atoms with Gasteiger partial charge in [-0.15, -0.1) is 0 Å². The number of carbonyl (C=O) groups excluding carboxylic acids is 3. The van der Waals surface area contributed by atoms with Crippen molar-refractivity contribution in [1.82, 2.24) is 6.15 Å². The summed E-state index contributed by atoms with van der Waals surface area (Å²) in [4.78, 5) is 24.8. The molecule has 0 bridgehead atoms. The third kappa shape index (κ3) is 938. The molecule has 4 N–H and O–H groups in total. The van der Waals surface area contributed by atoms with Crippen LogP contribution in [0.4, 0.5) is 0 Å². The molecule has 0 atom stereocenters. The molecule has 13 heavy (non-hydrogen) atoms. The van der Waals surface area contributed by atoms with Gasteiger partial charge in [-0.1, -0.05) is 0 Å². The summed E-state index contributed by atoms with van der Waals surface area (Å²) >= 11 is -2.51. The molecule has 0 aliphatic rings. The van der Waals surface area contributed by atoms with Crippen LogP contribution in [0.3, 0.4) is 0 Å². The molecule has 76 valence electrons. The Hall–Kier alpha value is -0.978. The minimum atomic E-state index is -2.51. The van der Waals surface area contributed by atoms with Crippen LogP contribution in [0.5, 0.6) is 0 Å². The molecule has 0 heterocycles. The third-order valence-electron chi connectivity index (χ3n) is 0. The number of quaternary nitrogens is 1. The molecule has 10 heteroatoms. The second-order valence-corrected chi connectivity index (χ2v) is 1.07. The summed E-state index contributed by atoms with van der Waals surface area (Å²) in [6, 6.07) is 0. The average Bonchev–Trinajstić information content (AvgIpc) is 1.92. The van der Waals surface area contributed by atoms with Crippen molar-refractivity contribution in [2.75, 3.05) is 0 Å². The minimum absolute atomic E-state index is 0. The quantitative estimate of drug-likeness (QED) is 0.375. The van der Waals surface area contributed by atoms with Crippen LogP contribution < -0.4 is 21.5 Å². The number of carboxylic acid groups (broad SMARTS) is 3. The summed E-state index contributed by atoms with van der Waals surface area (Å²) in [7, 11) is 0. The molecule has 0 saturated carbocycles. The zero-order chi connectivity index (χ0) is 10.8. The van der Waals surface area contributed by atoms with Crippen molar-refractivity contribution >= 4 is 19.4 Å². The summed E-state index contributed by atoms with van der Waals surface area (Å²) in [5.74, 6) is 0. The fraction of sp³-hybridized carbons (Fsp3) is 0. The first-order chi connectivity index (χ1) is 5.66. The average molecular weight is 423 g/mol. The Morgan fingerprint density at radius 1 is 0.769 bits per heavy atom. The molecule has 0 fully saturated rings. The molecule has 0 radical (unpaired) electrons. The van der Waals surface area contributed by atoms with Crippen LogP contribution in [0.1, 0.15) is 0 Å². The molecule has 0 aromatic carbocycles. The summed E-state index contributed by atoms with van der Waals surface area (Å²) in [5, 5.41) is 24.8. The van der Waals surface area contributed by atoms with Crippen LogP contribution in [0.2, 0.25) is 0 Å². The van der Waals surface area contributed by atoms with Gasteiger partial charge in [-0.25, -0.2) is 0 Å². The number of rotatable bonds is 0. The molecular formula is C3H7NO8U. The molecule has 0 unspecified atom stereocenters. The Balaban J connectivity index is -0.0000000213. The maximum atomic E-state index is 8.58. The maximum absolute atomic E-state index is 8.58. The van der Waals surface area contributed by atoms with Gasteiger partial charge in [0.15, 0.2) is 0 Å². The van der Waals surface area contributed by atoms with E-state index in [0.717, 1.165) is 0 Å². The number of carbonyl (C=O) groups is 3. The van der Waals surface area contributed by atoms with E-state index in [1.54, 1.807) is 0 Å². The third-order valence-corrected chi connectivity index (χ3v) is 0. The first-order valence-corrected chi connectivity index (χ1v) is 5.22. The zero-order valence-electron chi connectivity index (χ0n) is 6.50. The van der Waals surface area contributed by atoms with Crippen molar-refractivity contribution in [1.29, 1.82) is 0 Å². The fourth-order valence-electron chi connectivity index (χ4n) is 0. The molecule has 0 aromatic rings. The van der Waals surface area contributed by atoms with Crippen molar-refractivity contribution in [3.05, 3.63) is 0 Å². The van der Waals surface area contributed by atoms with E-state index in [2.05, 4.69) is 0 Å². The Labute approximate surface area is 87.5 Å². The molecule has 0 amide bonds. The van der Waals surface area contributed by atoms with Crippen LogP contribution in [-0.4, -0.2) is 19.4 Å². The number of hydrogen-bond acceptors (Lipinski definition) is 8. The summed E-state index contributed by atoms with van der Waals surface area (Å²) in [6.45, 7) is -1.50. The van der Waals surface area contributed by atoms with E-state index in [4.69, 9.17) is 34.2 Å². The van der Waals surface area contributed by atoms with Crippen LogP contribution in [0.15, 0.2) is 0 Å². The molecule has 0 saturated heterocycles. The molecule has 0 aromatic heterocycles. The fourth-order valence-corrected chi connectivity index (χ4v) is 0. The van der Waals surface area contributed by atoms with Crippen molar-refractivity contribution in [3.63, 3.8) is 0 Å². The van der Waals surface area contributed by atoms with Gasteiger partial charge in [0.05, 0.1) is 0 Å². The van der Waals surface area contributed by atoms with Gasteiger partial charge >= 0.3 is 32.3 Å². The standard InChI is InChI=1S/3CH2O2.H3N.2O.U/c3*2-1-3;;;;/h3*1H,(H,2,3);1H3;;;/q;;;;;;+2/p-2. The van der Waals surface area contributed by atoms with Gasteiger partial charge in [0.1, 0.15) is 0 Å². The molecule has 0 rings (SSSR count). The van der Waals surface area contributed by atoms with Crippen LogP contribution in [0.25, 0.3) is 0 Å². The van der Waals surface area contributed by atoms with E-state index >= 15 is 0 Å². The predicted molar refractivity (Wildman–Crippen MR) is 25.5 cm³/mol. The van der Waals surface area contributed by atoms with Gasteiger partial charge in [0.2, 0.25) is 0 Å². The second kappa shape index (κ2) is 121. The Morgan fingerprint density at radius 3 is 0.769 bits per heavy atom. The monoisotopic (exact) mass is 423 g/mol. The molecule has 0 aliphatic heterocycles. The zero-order valence-corrected chi connectivity index (χ0v) is 10.7. The van der Waals surface area contributed by atoms with E-state index in [9.17, 15) is 0 Å². The first kappa shape index (κ1) is 29.6. The second-order valence-electron chi connectivity index (χ2n) is 0.372. The Bertz CT molecular complexity index is 106. The van der Waals surface area contributed by atoms with Gasteiger partial charge < -0.3 is 35.9 Å². The Kier molecular flexibility index (Phi) is 276. The van der Waals surface area contributed by atoms with E-state index < -0.39 is 47.2 Å². The van der Waals surface area contributed by atoms with Gasteiger partial charge in [-0.05, 0) is 0 Å². The predicted octanol–water partition coefficient (Wildman–Crippen LogP) is -4.76. The van der Waals surface area contributed by atoms with Crippen LogP contribution in [0, 0.1) is 27.8 Å². The van der Waals surface area contributed by atoms with Crippen molar-refractivity contribution in [3.8, 4) is 0 Å². The van der Waals surface area contributed by atoms with Gasteiger partial charge in [0, 0.05) is 19.4 Å². The van der Waals surface area contributed by atoms with E-state index in [0.29, 0.717) is 0 Å². The summed E-state index contributed by atoms with van der Waals surface area (Å²) in [6.07, 6.45) is 0. The van der Waals surface area contributed by atoms with Gasteiger partial charge in [0.25, 0.3) is 0 Å². The van der Waals surface area contributed by atoms with Crippen molar-refractivity contribution < 1.29 is 62.0 Å². The van der Waals surface area contributed by atoms with Gasteiger partial charge in [-0.3, -0.25) is 0 Å². The summed E-state index contributed by atoms with van der Waals surface area (Å²) < 4.78 is 17.2. The Morgan fingerprint density at radius 2 is 0.769 bits per heavy atom.